The number of aryl methyl sites for hydroxylation is 1. The standard InChI is InChI=1S/C21H27F2N5O/c1-25-15-17(14-24-25)28-7-2-3-20(21(28)29)27-11-9-26(10-12-27)8-6-16-4-5-18(22)19(23)13-16/h4-5,13-15,20H,2-3,6-12H2,1H3/t20-/m1/s1. The van der Waals surface area contributed by atoms with Gasteiger partial charge in [-0.15, -0.1) is 0 Å². The van der Waals surface area contributed by atoms with E-state index in [1.54, 1.807) is 16.9 Å². The lowest BCUT2D eigenvalue weighted by atomic mass is 10.0. The summed E-state index contributed by atoms with van der Waals surface area (Å²) in [5.74, 6) is -1.43. The van der Waals surface area contributed by atoms with Crippen molar-refractivity contribution in [2.75, 3.05) is 44.2 Å². The van der Waals surface area contributed by atoms with Crippen LogP contribution >= 0.6 is 0 Å². The van der Waals surface area contributed by atoms with Crippen LogP contribution in [0.4, 0.5) is 14.5 Å². The van der Waals surface area contributed by atoms with Gasteiger partial charge in [0.25, 0.3) is 0 Å². The van der Waals surface area contributed by atoms with Gasteiger partial charge in [-0.3, -0.25) is 14.4 Å². The van der Waals surface area contributed by atoms with Crippen molar-refractivity contribution in [3.8, 4) is 0 Å². The van der Waals surface area contributed by atoms with Crippen molar-refractivity contribution in [3.05, 3.63) is 47.8 Å². The van der Waals surface area contributed by atoms with Crippen LogP contribution in [0.1, 0.15) is 18.4 Å². The summed E-state index contributed by atoms with van der Waals surface area (Å²) >= 11 is 0. The lowest BCUT2D eigenvalue weighted by Gasteiger charge is -2.42. The monoisotopic (exact) mass is 403 g/mol. The molecule has 8 heteroatoms. The minimum Gasteiger partial charge on any atom is -0.308 e. The molecule has 2 saturated heterocycles. The molecule has 0 spiro atoms. The molecule has 0 unspecified atom stereocenters. The molecule has 1 amide bonds. The average Bonchev–Trinajstić information content (AvgIpc) is 3.15. The van der Waals surface area contributed by atoms with Gasteiger partial charge in [0.2, 0.25) is 5.91 Å². The summed E-state index contributed by atoms with van der Waals surface area (Å²) in [5.41, 5.74) is 1.67. The maximum Gasteiger partial charge on any atom is 0.244 e. The van der Waals surface area contributed by atoms with Crippen LogP contribution in [0.15, 0.2) is 30.6 Å². The molecule has 2 aliphatic rings. The number of anilines is 1. The van der Waals surface area contributed by atoms with E-state index < -0.39 is 11.6 Å². The molecule has 3 heterocycles. The number of rotatable bonds is 5. The molecule has 2 fully saturated rings. The van der Waals surface area contributed by atoms with Crippen LogP contribution < -0.4 is 4.90 Å². The molecule has 2 aromatic rings. The maximum absolute atomic E-state index is 13.4. The molecule has 1 aromatic carbocycles. The first kappa shape index (κ1) is 20.0. The fraction of sp³-hybridized carbons (Fsp3) is 0.524. The van der Waals surface area contributed by atoms with Crippen molar-refractivity contribution in [1.29, 1.82) is 0 Å². The fourth-order valence-electron chi connectivity index (χ4n) is 4.28. The van der Waals surface area contributed by atoms with Gasteiger partial charge >= 0.3 is 0 Å². The predicted molar refractivity (Wildman–Crippen MR) is 107 cm³/mol. The summed E-state index contributed by atoms with van der Waals surface area (Å²) in [4.78, 5) is 19.5. The molecule has 1 atom stereocenters. The molecule has 4 rings (SSSR count). The van der Waals surface area contributed by atoms with E-state index in [9.17, 15) is 13.6 Å². The fourth-order valence-corrected chi connectivity index (χ4v) is 4.28. The number of carbonyl (C=O) groups excluding carboxylic acids is 1. The first-order valence-electron chi connectivity index (χ1n) is 10.2. The SMILES string of the molecule is Cn1cc(N2CCC[C@@H](N3CCN(CCc4ccc(F)c(F)c4)CC3)C2=O)cn1. The smallest absolute Gasteiger partial charge is 0.244 e. The third-order valence-corrected chi connectivity index (χ3v) is 5.96. The highest BCUT2D eigenvalue weighted by atomic mass is 19.2. The van der Waals surface area contributed by atoms with Gasteiger partial charge in [0.1, 0.15) is 0 Å². The molecule has 0 saturated carbocycles. The average molecular weight is 403 g/mol. The summed E-state index contributed by atoms with van der Waals surface area (Å²) in [6.45, 7) is 4.99. The van der Waals surface area contributed by atoms with E-state index in [2.05, 4.69) is 14.9 Å². The quantitative estimate of drug-likeness (QED) is 0.767. The van der Waals surface area contributed by atoms with Crippen LogP contribution in [0.25, 0.3) is 0 Å². The zero-order valence-corrected chi connectivity index (χ0v) is 16.7. The van der Waals surface area contributed by atoms with Gasteiger partial charge in [0.15, 0.2) is 11.6 Å². The number of amides is 1. The van der Waals surface area contributed by atoms with E-state index in [0.29, 0.717) is 6.42 Å². The van der Waals surface area contributed by atoms with Crippen molar-refractivity contribution in [1.82, 2.24) is 19.6 Å². The molecular formula is C21H27F2N5O. The third-order valence-electron chi connectivity index (χ3n) is 5.96. The predicted octanol–water partition coefficient (Wildman–Crippen LogP) is 2.05. The molecule has 2 aliphatic heterocycles. The lowest BCUT2D eigenvalue weighted by molar-refractivity contribution is -0.126. The minimum atomic E-state index is -0.806. The molecule has 0 N–H and O–H groups in total. The summed E-state index contributed by atoms with van der Waals surface area (Å²) in [6, 6.07) is 4.03. The third kappa shape index (κ3) is 4.48. The molecule has 0 radical (unpaired) electrons. The normalized spacial score (nSPS) is 21.7. The molecule has 29 heavy (non-hydrogen) atoms. The zero-order chi connectivity index (χ0) is 20.4. The number of piperidine rings is 1. The summed E-state index contributed by atoms with van der Waals surface area (Å²) < 4.78 is 28.1. The maximum atomic E-state index is 13.4. The second-order valence-corrected chi connectivity index (χ2v) is 7.90. The van der Waals surface area contributed by atoms with Gasteiger partial charge in [-0.1, -0.05) is 6.07 Å². The summed E-state index contributed by atoms with van der Waals surface area (Å²) in [7, 11) is 1.86. The highest BCUT2D eigenvalue weighted by molar-refractivity contribution is 5.97. The molecule has 0 aliphatic carbocycles. The Morgan fingerprint density at radius 2 is 1.90 bits per heavy atom. The van der Waals surface area contributed by atoms with Gasteiger partial charge in [0.05, 0.1) is 17.9 Å². The van der Waals surface area contributed by atoms with E-state index in [0.717, 1.165) is 63.4 Å². The van der Waals surface area contributed by atoms with Crippen LogP contribution in [0, 0.1) is 11.6 Å². The van der Waals surface area contributed by atoms with Crippen LogP contribution in [0.3, 0.4) is 0 Å². The van der Waals surface area contributed by atoms with Gasteiger partial charge in [-0.2, -0.15) is 5.10 Å². The minimum absolute atomic E-state index is 0.0719. The Kier molecular flexibility index (Phi) is 5.91. The molecule has 0 bridgehead atoms. The van der Waals surface area contributed by atoms with Crippen molar-refractivity contribution >= 4 is 11.6 Å². The van der Waals surface area contributed by atoms with E-state index in [-0.39, 0.29) is 11.9 Å². The van der Waals surface area contributed by atoms with E-state index in [4.69, 9.17) is 0 Å². The first-order valence-corrected chi connectivity index (χ1v) is 10.2. The van der Waals surface area contributed by atoms with Crippen molar-refractivity contribution in [3.63, 3.8) is 0 Å². The van der Waals surface area contributed by atoms with Crippen molar-refractivity contribution < 1.29 is 13.6 Å². The Balaban J connectivity index is 1.29. The first-order chi connectivity index (χ1) is 14.0. The molecule has 6 nitrogen and oxygen atoms in total. The van der Waals surface area contributed by atoms with Crippen LogP contribution in [0.5, 0.6) is 0 Å². The highest BCUT2D eigenvalue weighted by Gasteiger charge is 2.35. The number of hydrogen-bond donors (Lipinski definition) is 0. The van der Waals surface area contributed by atoms with Gasteiger partial charge in [0, 0.05) is 52.5 Å². The Morgan fingerprint density at radius 1 is 1.10 bits per heavy atom. The second-order valence-electron chi connectivity index (χ2n) is 7.90. The summed E-state index contributed by atoms with van der Waals surface area (Å²) in [6.07, 6.45) is 6.20. The number of hydrogen-bond acceptors (Lipinski definition) is 4. The Morgan fingerprint density at radius 3 is 2.59 bits per heavy atom. The Bertz CT molecular complexity index is 863. The number of halogens is 2. The number of piperazine rings is 1. The number of benzene rings is 1. The van der Waals surface area contributed by atoms with Crippen LogP contribution in [-0.4, -0.2) is 70.8 Å². The molecule has 1 aromatic heterocycles. The number of carbonyl (C=O) groups is 1. The van der Waals surface area contributed by atoms with Crippen molar-refractivity contribution in [2.24, 2.45) is 7.05 Å². The van der Waals surface area contributed by atoms with Gasteiger partial charge in [-0.05, 0) is 37.0 Å². The van der Waals surface area contributed by atoms with E-state index in [1.807, 2.05) is 18.1 Å². The van der Waals surface area contributed by atoms with E-state index >= 15 is 0 Å². The number of nitrogens with zero attached hydrogens (tertiary/aromatic N) is 5. The van der Waals surface area contributed by atoms with Gasteiger partial charge < -0.3 is 9.80 Å². The highest BCUT2D eigenvalue weighted by Crippen LogP contribution is 2.24. The van der Waals surface area contributed by atoms with Gasteiger partial charge in [-0.25, -0.2) is 8.78 Å². The zero-order valence-electron chi connectivity index (χ0n) is 16.7. The largest absolute Gasteiger partial charge is 0.308 e. The van der Waals surface area contributed by atoms with E-state index in [1.165, 1.54) is 12.1 Å². The lowest BCUT2D eigenvalue weighted by Crippen LogP contribution is -2.57. The second kappa shape index (κ2) is 8.59. The number of aromatic nitrogens is 2. The topological polar surface area (TPSA) is 44.6 Å². The Labute approximate surface area is 169 Å². The Hall–Kier alpha value is -2.32. The molecular weight excluding hydrogens is 376 g/mol. The molecule has 156 valence electrons. The van der Waals surface area contributed by atoms with Crippen LogP contribution in [-0.2, 0) is 18.3 Å². The van der Waals surface area contributed by atoms with Crippen LogP contribution in [0.2, 0.25) is 0 Å². The summed E-state index contributed by atoms with van der Waals surface area (Å²) in [5, 5.41) is 4.19. The van der Waals surface area contributed by atoms with Crippen molar-refractivity contribution in [2.45, 2.75) is 25.3 Å².